The lowest BCUT2D eigenvalue weighted by Crippen LogP contribution is -2.46. The Kier molecular flexibility index (Phi) is 22.4. The minimum atomic E-state index is -0.639. The third-order valence-electron chi connectivity index (χ3n) is 18.4. The molecule has 4 atom stereocenters. The number of unbranched alkanes of at least 4 members (excludes halogenated alkanes) is 2. The fourth-order valence-corrected chi connectivity index (χ4v) is 13.5. The number of anilines is 2. The molecule has 4 aliphatic rings. The fraction of sp³-hybridized carbons (Fsp3) is 0.563. The van der Waals surface area contributed by atoms with Crippen LogP contribution in [0, 0.1) is 11.8 Å². The topological polar surface area (TPSA) is 181 Å². The van der Waals surface area contributed by atoms with Crippen LogP contribution in [0.5, 0.6) is 0 Å². The van der Waals surface area contributed by atoms with Crippen molar-refractivity contribution in [2.24, 2.45) is 17.6 Å². The lowest BCUT2D eigenvalue weighted by Gasteiger charge is -2.34. The van der Waals surface area contributed by atoms with E-state index in [1.807, 2.05) is 42.7 Å². The first-order valence-corrected chi connectivity index (χ1v) is 32.8. The van der Waals surface area contributed by atoms with E-state index in [9.17, 15) is 24.0 Å². The first-order chi connectivity index (χ1) is 41.9. The highest BCUT2D eigenvalue weighted by atomic mass is 16.6. The monoisotopic (exact) mass is 1190 g/mol. The number of ketones is 2. The van der Waals surface area contributed by atoms with E-state index < -0.39 is 17.7 Å². The van der Waals surface area contributed by atoms with Crippen molar-refractivity contribution < 1.29 is 28.7 Å². The molecule has 468 valence electrons. The number of para-hydroxylation sites is 4. The minimum absolute atomic E-state index is 0.0388. The van der Waals surface area contributed by atoms with Gasteiger partial charge in [-0.15, -0.1) is 0 Å². The molecule has 0 spiro atoms. The number of carbonyl (C=O) groups excluding carboxylic acids is 5. The van der Waals surface area contributed by atoms with E-state index in [2.05, 4.69) is 123 Å². The first kappa shape index (κ1) is 64.4. The minimum Gasteiger partial charge on any atom is -0.444 e. The molecule has 2 aromatic heterocycles. The van der Waals surface area contributed by atoms with Crippen LogP contribution in [-0.2, 0) is 49.8 Å². The van der Waals surface area contributed by atoms with Gasteiger partial charge in [-0.25, -0.2) is 14.8 Å². The number of rotatable bonds is 21. The van der Waals surface area contributed by atoms with Crippen molar-refractivity contribution in [3.8, 4) is 0 Å². The van der Waals surface area contributed by atoms with Crippen molar-refractivity contribution in [1.82, 2.24) is 34.2 Å². The molecular weight excluding hydrogens is 1090 g/mol. The number of fused-ring (bicyclic) bond motifs is 2. The van der Waals surface area contributed by atoms with Crippen LogP contribution in [0.2, 0.25) is 0 Å². The summed E-state index contributed by atoms with van der Waals surface area (Å²) in [7, 11) is 0. The molecule has 0 bridgehead atoms. The van der Waals surface area contributed by atoms with Crippen LogP contribution in [0.15, 0.2) is 97.1 Å². The average molecular weight is 1190 g/mol. The first-order valence-electron chi connectivity index (χ1n) is 32.8. The van der Waals surface area contributed by atoms with Gasteiger partial charge in [-0.2, -0.15) is 0 Å². The Labute approximate surface area is 516 Å². The number of nitrogens with one attached hydrogen (secondary N) is 1. The Hall–Kier alpha value is -7.07. The number of likely N-dealkylation sites (tertiary alicyclic amines) is 2. The van der Waals surface area contributed by atoms with Crippen molar-refractivity contribution in [2.75, 3.05) is 62.2 Å². The maximum atomic E-state index is 13.9. The van der Waals surface area contributed by atoms with Gasteiger partial charge in [0, 0.05) is 125 Å². The second-order valence-electron chi connectivity index (χ2n) is 26.3. The summed E-state index contributed by atoms with van der Waals surface area (Å²) in [6.07, 6.45) is 13.3. The molecule has 3 amide bonds. The van der Waals surface area contributed by atoms with E-state index in [0.717, 1.165) is 174 Å². The molecule has 16 heteroatoms. The summed E-state index contributed by atoms with van der Waals surface area (Å²) < 4.78 is 10.3. The van der Waals surface area contributed by atoms with E-state index >= 15 is 0 Å². The standard InChI is InChI=1S/C38H53N5O4.C33H45N5O2/c1-6-7-21-43-34-13-9-8-12-33(34)40-36(43)30-11-10-20-42(26-30)35(45)25-31(39-37(46)47-38(3,4)5)24-28-14-16-32(17-15-28)41-22-18-29(19-23-41)27(2)44;1-3-4-18-38-31-10-6-5-9-30(31)35-33(38)27-8-7-17-37(23-27)32(40)22-28(34)21-25-11-13-29(14-12-25)36-19-15-26(16-20-36)24(2)39/h8-9,12-17,29-31H,6-7,10-11,18-26H2,1-5H3,(H,39,46);5-6,9-14,26-28H,3-4,7-8,15-23,34H2,1-2H3/t30-,31-;27-,28-/m11/s1. The average Bonchev–Trinajstić information content (AvgIpc) is 1.86. The number of piperidine rings is 4. The number of alkyl carbamates (subject to hydrolysis) is 1. The van der Waals surface area contributed by atoms with Crippen molar-refractivity contribution in [3.63, 3.8) is 0 Å². The Morgan fingerprint density at radius 3 is 1.43 bits per heavy atom. The maximum absolute atomic E-state index is 13.9. The predicted molar refractivity (Wildman–Crippen MR) is 348 cm³/mol. The molecule has 6 heterocycles. The highest BCUT2D eigenvalue weighted by Gasteiger charge is 2.33. The highest BCUT2D eigenvalue weighted by Crippen LogP contribution is 2.33. The zero-order chi connectivity index (χ0) is 61.6. The smallest absolute Gasteiger partial charge is 0.407 e. The molecule has 6 aromatic rings. The summed E-state index contributed by atoms with van der Waals surface area (Å²) >= 11 is 0. The van der Waals surface area contributed by atoms with Gasteiger partial charge in [0.05, 0.1) is 22.1 Å². The largest absolute Gasteiger partial charge is 0.444 e. The summed E-state index contributed by atoms with van der Waals surface area (Å²) in [5.41, 5.74) is 14.8. The van der Waals surface area contributed by atoms with E-state index in [4.69, 9.17) is 20.4 Å². The van der Waals surface area contributed by atoms with Crippen LogP contribution < -0.4 is 20.9 Å². The number of hydrogen-bond acceptors (Lipinski definition) is 11. The number of nitrogens with two attached hydrogens (primary N) is 1. The van der Waals surface area contributed by atoms with Gasteiger partial charge in [0.25, 0.3) is 0 Å². The van der Waals surface area contributed by atoms with E-state index in [1.165, 1.54) is 11.2 Å². The van der Waals surface area contributed by atoms with Crippen LogP contribution >= 0.6 is 0 Å². The van der Waals surface area contributed by atoms with Crippen molar-refractivity contribution >= 4 is 62.9 Å². The molecule has 4 aromatic carbocycles. The van der Waals surface area contributed by atoms with Crippen molar-refractivity contribution in [3.05, 3.63) is 120 Å². The number of aromatic nitrogens is 4. The number of ether oxygens (including phenoxy) is 1. The molecule has 4 aliphatic heterocycles. The number of aryl methyl sites for hydroxylation is 2. The molecule has 16 nitrogen and oxygen atoms in total. The summed E-state index contributed by atoms with van der Waals surface area (Å²) in [4.78, 5) is 82.3. The van der Waals surface area contributed by atoms with Gasteiger partial charge in [-0.1, -0.05) is 75.2 Å². The number of carbonyl (C=O) groups is 5. The second kappa shape index (κ2) is 30.2. The lowest BCUT2D eigenvalue weighted by atomic mass is 9.93. The van der Waals surface area contributed by atoms with Crippen molar-refractivity contribution in [2.45, 2.75) is 194 Å². The molecule has 87 heavy (non-hydrogen) atoms. The number of imidazole rings is 2. The zero-order valence-corrected chi connectivity index (χ0v) is 53.2. The molecule has 3 N–H and O–H groups in total. The number of Topliss-reactive ketones (excluding diaryl/α,β-unsaturated/α-hetero) is 2. The fourth-order valence-electron chi connectivity index (χ4n) is 13.5. The Bertz CT molecular complexity index is 3240. The molecule has 10 rings (SSSR count). The number of amides is 3. The van der Waals surface area contributed by atoms with Crippen LogP contribution in [0.3, 0.4) is 0 Å². The predicted octanol–water partition coefficient (Wildman–Crippen LogP) is 12.2. The molecule has 0 aliphatic carbocycles. The molecule has 4 fully saturated rings. The Morgan fingerprint density at radius 1 is 0.575 bits per heavy atom. The Morgan fingerprint density at radius 2 is 1.00 bits per heavy atom. The van der Waals surface area contributed by atoms with Crippen LogP contribution in [0.4, 0.5) is 16.2 Å². The van der Waals surface area contributed by atoms with Gasteiger partial charge >= 0.3 is 6.09 Å². The summed E-state index contributed by atoms with van der Waals surface area (Å²) in [5, 5.41) is 3.01. The number of hydrogen-bond donors (Lipinski definition) is 2. The van der Waals surface area contributed by atoms with Crippen molar-refractivity contribution in [1.29, 1.82) is 0 Å². The van der Waals surface area contributed by atoms with Crippen LogP contribution in [0.25, 0.3) is 22.1 Å². The third-order valence-corrected chi connectivity index (χ3v) is 18.4. The van der Waals surface area contributed by atoms with Crippen LogP contribution in [-0.4, -0.2) is 128 Å². The molecule has 0 saturated carbocycles. The van der Waals surface area contributed by atoms with Gasteiger partial charge < -0.3 is 44.5 Å². The number of nitrogens with zero attached hydrogens (tertiary/aromatic N) is 8. The zero-order valence-electron chi connectivity index (χ0n) is 53.2. The quantitative estimate of drug-likeness (QED) is 0.0700. The van der Waals surface area contributed by atoms with E-state index in [1.54, 1.807) is 13.8 Å². The SMILES string of the molecule is CCCCn1c([C@@H]2CCCN(C(=O)C[C@@H](Cc3ccc(N4CCC(C(C)=O)CC4)cc3)NC(=O)OC(C)(C)C)C2)nc2ccccc21.CCCCn1c([C@@H]2CCCN(C(=O)C[C@H](N)Cc3ccc(N4CCC(C(C)=O)CC4)cc3)C2)nc2ccccc21. The van der Waals surface area contributed by atoms with Gasteiger partial charge in [0.1, 0.15) is 28.8 Å². The maximum Gasteiger partial charge on any atom is 0.407 e. The molecular formula is C71H98N10O6. The van der Waals surface area contributed by atoms with E-state index in [0.29, 0.717) is 38.1 Å². The molecule has 4 saturated heterocycles. The second-order valence-corrected chi connectivity index (χ2v) is 26.3. The van der Waals surface area contributed by atoms with E-state index in [-0.39, 0.29) is 53.7 Å². The lowest BCUT2D eigenvalue weighted by molar-refractivity contribution is -0.133. The molecule has 0 radical (unpaired) electrons. The normalized spacial score (nSPS) is 18.7. The number of benzene rings is 4. The Balaban J connectivity index is 0.000000210. The van der Waals surface area contributed by atoms with Gasteiger partial charge in [0.15, 0.2) is 0 Å². The highest BCUT2D eigenvalue weighted by molar-refractivity contribution is 5.81. The van der Waals surface area contributed by atoms with Crippen LogP contribution in [0.1, 0.15) is 173 Å². The van der Waals surface area contributed by atoms with Gasteiger partial charge in [-0.3, -0.25) is 19.2 Å². The summed E-state index contributed by atoms with van der Waals surface area (Å²) in [5.74, 6) is 3.79. The summed E-state index contributed by atoms with van der Waals surface area (Å²) in [6, 6.07) is 33.0. The third kappa shape index (κ3) is 17.4. The molecule has 0 unspecified atom stereocenters. The van der Waals surface area contributed by atoms with Gasteiger partial charge in [-0.05, 0) is 171 Å². The van der Waals surface area contributed by atoms with Gasteiger partial charge in [0.2, 0.25) is 11.8 Å². The summed E-state index contributed by atoms with van der Waals surface area (Å²) in [6.45, 7) is 21.7.